The molecule has 5 nitrogen and oxygen atoms in total. The lowest BCUT2D eigenvalue weighted by Crippen LogP contribution is -2.38. The van der Waals surface area contributed by atoms with Crippen molar-refractivity contribution < 1.29 is 18.8 Å². The summed E-state index contributed by atoms with van der Waals surface area (Å²) >= 11 is -1.33. The summed E-state index contributed by atoms with van der Waals surface area (Å²) in [5, 5.41) is 0. The highest BCUT2D eigenvalue weighted by Crippen LogP contribution is 2.31. The Bertz CT molecular complexity index is 502. The van der Waals surface area contributed by atoms with Crippen molar-refractivity contribution in [3.05, 3.63) is 29.8 Å². The van der Waals surface area contributed by atoms with Crippen molar-refractivity contribution in [3.63, 3.8) is 0 Å². The van der Waals surface area contributed by atoms with Crippen LogP contribution in [0.1, 0.15) is 44.6 Å². The van der Waals surface area contributed by atoms with Gasteiger partial charge in [0.05, 0.1) is 30.6 Å². The molecule has 0 bridgehead atoms. The second kappa shape index (κ2) is 9.53. The van der Waals surface area contributed by atoms with Gasteiger partial charge in [0.15, 0.2) is 10.7 Å². The van der Waals surface area contributed by atoms with Gasteiger partial charge in [-0.25, -0.2) is 0 Å². The first-order valence-electron chi connectivity index (χ1n) is 8.55. The molecule has 1 saturated heterocycles. The van der Waals surface area contributed by atoms with Gasteiger partial charge in [-0.15, -0.1) is 4.72 Å². The van der Waals surface area contributed by atoms with Gasteiger partial charge in [0, 0.05) is 19.3 Å². The Morgan fingerprint density at radius 1 is 1.29 bits per heavy atom. The summed E-state index contributed by atoms with van der Waals surface area (Å²) in [6.07, 6.45) is 4.36. The summed E-state index contributed by atoms with van der Waals surface area (Å²) in [6.45, 7) is 5.31. The first kappa shape index (κ1) is 19.4. The van der Waals surface area contributed by atoms with E-state index in [1.807, 2.05) is 31.2 Å². The third-order valence-corrected chi connectivity index (χ3v) is 5.46. The average Bonchev–Trinajstić information content (AvgIpc) is 3.03. The fourth-order valence-electron chi connectivity index (χ4n) is 2.91. The van der Waals surface area contributed by atoms with Crippen molar-refractivity contribution in [2.24, 2.45) is 0 Å². The lowest BCUT2D eigenvalue weighted by atomic mass is 10.0. The van der Waals surface area contributed by atoms with Crippen molar-refractivity contribution in [1.29, 1.82) is 0 Å². The number of benzene rings is 1. The van der Waals surface area contributed by atoms with E-state index in [0.29, 0.717) is 37.4 Å². The van der Waals surface area contributed by atoms with Crippen LogP contribution in [0.2, 0.25) is 0 Å². The van der Waals surface area contributed by atoms with E-state index in [9.17, 15) is 9.35 Å². The van der Waals surface area contributed by atoms with Crippen LogP contribution >= 0.6 is 0 Å². The molecule has 6 heteroatoms. The number of carbonyl (C=O) groups excluding carboxylic acids is 1. The minimum absolute atomic E-state index is 0.161. The number of aldehydes is 1. The van der Waals surface area contributed by atoms with Gasteiger partial charge in [-0.1, -0.05) is 31.0 Å². The molecule has 1 aliphatic heterocycles. The number of aryl methyl sites for hydroxylation is 1. The first-order chi connectivity index (χ1) is 11.6. The number of nitrogens with one attached hydrogen (secondary N) is 1. The van der Waals surface area contributed by atoms with Crippen molar-refractivity contribution in [3.8, 4) is 0 Å². The normalized spacial score (nSPS) is 19.1. The summed E-state index contributed by atoms with van der Waals surface area (Å²) in [6, 6.07) is 7.39. The number of hydrogen-bond acceptors (Lipinski definition) is 5. The van der Waals surface area contributed by atoms with Crippen LogP contribution in [-0.2, 0) is 25.6 Å². The SMILES string of the molecule is CCCC1(CC[C@@H](CC=O)N[S@@+]([O-])c2ccc(C)cc2)OCCO1. The molecule has 1 fully saturated rings. The minimum Gasteiger partial charge on any atom is -0.593 e. The zero-order valence-corrected chi connectivity index (χ0v) is 15.3. The van der Waals surface area contributed by atoms with E-state index < -0.39 is 17.1 Å². The summed E-state index contributed by atoms with van der Waals surface area (Å²) in [5.41, 5.74) is 1.12. The van der Waals surface area contributed by atoms with Crippen LogP contribution in [0, 0.1) is 6.92 Å². The van der Waals surface area contributed by atoms with E-state index in [4.69, 9.17) is 9.47 Å². The number of carbonyl (C=O) groups is 1. The van der Waals surface area contributed by atoms with Gasteiger partial charge in [0.25, 0.3) is 0 Å². The molecule has 0 spiro atoms. The lowest BCUT2D eigenvalue weighted by Gasteiger charge is -2.29. The maximum atomic E-state index is 12.5. The van der Waals surface area contributed by atoms with Crippen LogP contribution in [0.5, 0.6) is 0 Å². The van der Waals surface area contributed by atoms with Crippen LogP contribution in [0.4, 0.5) is 0 Å². The summed E-state index contributed by atoms with van der Waals surface area (Å²) < 4.78 is 27.1. The predicted octanol–water partition coefficient (Wildman–Crippen LogP) is 2.89. The van der Waals surface area contributed by atoms with Gasteiger partial charge in [0.1, 0.15) is 6.29 Å². The molecule has 24 heavy (non-hydrogen) atoms. The van der Waals surface area contributed by atoms with Gasteiger partial charge in [0.2, 0.25) is 0 Å². The van der Waals surface area contributed by atoms with E-state index in [1.165, 1.54) is 0 Å². The van der Waals surface area contributed by atoms with Crippen LogP contribution in [0.3, 0.4) is 0 Å². The molecule has 1 aliphatic rings. The summed E-state index contributed by atoms with van der Waals surface area (Å²) in [7, 11) is 0. The molecule has 0 aliphatic carbocycles. The molecule has 2 rings (SSSR count). The maximum absolute atomic E-state index is 12.5. The van der Waals surface area contributed by atoms with Crippen LogP contribution in [0.25, 0.3) is 0 Å². The molecule has 1 aromatic carbocycles. The minimum atomic E-state index is -1.33. The topological polar surface area (TPSA) is 70.6 Å². The van der Waals surface area contributed by atoms with Crippen LogP contribution < -0.4 is 4.72 Å². The Labute approximate surface area is 147 Å². The van der Waals surface area contributed by atoms with Crippen LogP contribution in [-0.4, -0.2) is 35.9 Å². The Hall–Kier alpha value is -0.920. The number of rotatable bonds is 10. The highest BCUT2D eigenvalue weighted by Gasteiger charge is 2.36. The highest BCUT2D eigenvalue weighted by atomic mass is 32.2. The standard InChI is InChI=1S/C18H27NO4S/c1-3-10-18(22-13-14-23-18)11-8-16(9-12-20)19-24(21)17-6-4-15(2)5-7-17/h4-7,12,16,19H,3,8-11,13-14H2,1-2H3/t16-,24-/m0/s1. The highest BCUT2D eigenvalue weighted by molar-refractivity contribution is 7.89. The lowest BCUT2D eigenvalue weighted by molar-refractivity contribution is -0.168. The predicted molar refractivity (Wildman–Crippen MR) is 94.0 cm³/mol. The quantitative estimate of drug-likeness (QED) is 0.517. The second-order valence-corrected chi connectivity index (χ2v) is 7.44. The molecular weight excluding hydrogens is 326 g/mol. The molecular formula is C18H27NO4S. The van der Waals surface area contributed by atoms with Gasteiger partial charge in [-0.3, -0.25) is 0 Å². The van der Waals surface area contributed by atoms with Gasteiger partial charge >= 0.3 is 0 Å². The molecule has 0 saturated carbocycles. The van der Waals surface area contributed by atoms with E-state index in [0.717, 1.165) is 24.7 Å². The van der Waals surface area contributed by atoms with Gasteiger partial charge < -0.3 is 18.8 Å². The average molecular weight is 353 g/mol. The molecule has 134 valence electrons. The van der Waals surface area contributed by atoms with E-state index >= 15 is 0 Å². The van der Waals surface area contributed by atoms with Crippen molar-refractivity contribution in [1.82, 2.24) is 4.72 Å². The molecule has 0 radical (unpaired) electrons. The summed E-state index contributed by atoms with van der Waals surface area (Å²) in [5.74, 6) is -0.539. The Balaban J connectivity index is 1.93. The zero-order chi connectivity index (χ0) is 17.4. The van der Waals surface area contributed by atoms with E-state index in [2.05, 4.69) is 11.6 Å². The molecule has 1 heterocycles. The van der Waals surface area contributed by atoms with Crippen molar-refractivity contribution >= 4 is 17.6 Å². The van der Waals surface area contributed by atoms with E-state index in [-0.39, 0.29) is 6.04 Å². The Kier molecular flexibility index (Phi) is 7.71. The van der Waals surface area contributed by atoms with Crippen molar-refractivity contribution in [2.75, 3.05) is 13.2 Å². The fraction of sp³-hybridized carbons (Fsp3) is 0.611. The fourth-order valence-corrected chi connectivity index (χ4v) is 3.94. The number of ether oxygens (including phenoxy) is 2. The Morgan fingerprint density at radius 3 is 2.54 bits per heavy atom. The molecule has 2 atom stereocenters. The molecule has 0 aromatic heterocycles. The third-order valence-electron chi connectivity index (χ3n) is 4.21. The maximum Gasteiger partial charge on any atom is 0.173 e. The van der Waals surface area contributed by atoms with Gasteiger partial charge in [-0.2, -0.15) is 0 Å². The third kappa shape index (κ3) is 5.57. The molecule has 0 amide bonds. The largest absolute Gasteiger partial charge is 0.593 e. The monoisotopic (exact) mass is 353 g/mol. The van der Waals surface area contributed by atoms with E-state index in [1.54, 1.807) is 0 Å². The van der Waals surface area contributed by atoms with Crippen LogP contribution in [0.15, 0.2) is 29.2 Å². The molecule has 0 unspecified atom stereocenters. The smallest absolute Gasteiger partial charge is 0.173 e. The summed E-state index contributed by atoms with van der Waals surface area (Å²) in [4.78, 5) is 11.7. The zero-order valence-electron chi connectivity index (χ0n) is 14.5. The first-order valence-corrected chi connectivity index (χ1v) is 9.70. The number of hydrogen-bond donors (Lipinski definition) is 1. The van der Waals surface area contributed by atoms with Gasteiger partial charge in [-0.05, 0) is 25.5 Å². The van der Waals surface area contributed by atoms with Crippen molar-refractivity contribution in [2.45, 2.75) is 62.7 Å². The Morgan fingerprint density at radius 2 is 1.96 bits per heavy atom. The second-order valence-electron chi connectivity index (χ2n) is 6.20. The molecule has 1 aromatic rings. The molecule has 1 N–H and O–H groups in total.